The molecule has 29 heavy (non-hydrogen) atoms. The molecule has 1 aliphatic heterocycles. The second-order valence-corrected chi connectivity index (χ2v) is 7.20. The van der Waals surface area contributed by atoms with Crippen LogP contribution < -0.4 is 4.74 Å². The number of rotatable bonds is 7. The van der Waals surface area contributed by atoms with Gasteiger partial charge in [0.15, 0.2) is 0 Å². The Kier molecular flexibility index (Phi) is 5.50. The molecule has 0 radical (unpaired) electrons. The van der Waals surface area contributed by atoms with Gasteiger partial charge in [-0.05, 0) is 26.3 Å². The van der Waals surface area contributed by atoms with E-state index in [1.165, 1.54) is 0 Å². The van der Waals surface area contributed by atoms with Crippen molar-refractivity contribution in [2.24, 2.45) is 0 Å². The van der Waals surface area contributed by atoms with E-state index in [9.17, 15) is 4.79 Å². The first-order valence-corrected chi connectivity index (χ1v) is 9.67. The Bertz CT molecular complexity index is 968. The van der Waals surface area contributed by atoms with Crippen LogP contribution in [0.4, 0.5) is 0 Å². The highest BCUT2D eigenvalue weighted by molar-refractivity contribution is 5.76. The molecule has 0 aromatic carbocycles. The van der Waals surface area contributed by atoms with Crippen molar-refractivity contribution in [3.63, 3.8) is 0 Å². The van der Waals surface area contributed by atoms with Gasteiger partial charge >= 0.3 is 0 Å². The predicted molar refractivity (Wildman–Crippen MR) is 103 cm³/mol. The molecule has 1 amide bonds. The highest BCUT2D eigenvalue weighted by Gasteiger charge is 2.28. The van der Waals surface area contributed by atoms with Crippen molar-refractivity contribution in [1.29, 1.82) is 0 Å². The van der Waals surface area contributed by atoms with Gasteiger partial charge in [-0.1, -0.05) is 5.21 Å². The summed E-state index contributed by atoms with van der Waals surface area (Å²) in [6, 6.07) is 2.15. The molecule has 152 valence electrons. The SMILES string of the molecule is Cc1cc(C)n(CCC(=O)N2CCC(n3cc(COc4cnccn4)nn3)C2)n1. The standard InChI is InChI=1S/C19H24N8O2/c1-14-9-15(2)26(23-14)8-4-19(28)25-7-3-17(12-25)27-11-16(22-24-27)13-29-18-10-20-5-6-21-18/h5-6,9-11,17H,3-4,7-8,12-13H2,1-2H3. The van der Waals surface area contributed by atoms with E-state index in [2.05, 4.69) is 25.4 Å². The maximum atomic E-state index is 12.6. The highest BCUT2D eigenvalue weighted by Crippen LogP contribution is 2.22. The average Bonchev–Trinajstić information content (AvgIpc) is 3.45. The van der Waals surface area contributed by atoms with Gasteiger partial charge in [-0.3, -0.25) is 14.5 Å². The largest absolute Gasteiger partial charge is 0.470 e. The van der Waals surface area contributed by atoms with Crippen molar-refractivity contribution in [3.8, 4) is 5.88 Å². The Hall–Kier alpha value is -3.30. The van der Waals surface area contributed by atoms with Crippen molar-refractivity contribution < 1.29 is 9.53 Å². The highest BCUT2D eigenvalue weighted by atomic mass is 16.5. The third-order valence-electron chi connectivity index (χ3n) is 5.00. The first-order valence-electron chi connectivity index (χ1n) is 9.67. The van der Waals surface area contributed by atoms with Crippen LogP contribution in [-0.4, -0.2) is 58.6 Å². The topological polar surface area (TPSA) is 104 Å². The molecule has 0 saturated carbocycles. The van der Waals surface area contributed by atoms with E-state index in [-0.39, 0.29) is 18.6 Å². The molecular weight excluding hydrogens is 372 g/mol. The van der Waals surface area contributed by atoms with E-state index >= 15 is 0 Å². The molecule has 1 saturated heterocycles. The van der Waals surface area contributed by atoms with Gasteiger partial charge in [0.2, 0.25) is 11.8 Å². The summed E-state index contributed by atoms with van der Waals surface area (Å²) >= 11 is 0. The molecule has 10 heteroatoms. The molecule has 4 rings (SSSR count). The van der Waals surface area contributed by atoms with Crippen LogP contribution in [0.5, 0.6) is 5.88 Å². The van der Waals surface area contributed by atoms with Crippen LogP contribution in [0.15, 0.2) is 30.9 Å². The molecule has 0 bridgehead atoms. The molecule has 3 aromatic heterocycles. The van der Waals surface area contributed by atoms with Crippen molar-refractivity contribution >= 4 is 5.91 Å². The zero-order valence-electron chi connectivity index (χ0n) is 16.6. The van der Waals surface area contributed by atoms with Crippen LogP contribution in [0.2, 0.25) is 0 Å². The summed E-state index contributed by atoms with van der Waals surface area (Å²) in [7, 11) is 0. The lowest BCUT2D eigenvalue weighted by Gasteiger charge is -2.16. The zero-order valence-corrected chi connectivity index (χ0v) is 16.6. The minimum Gasteiger partial charge on any atom is -0.470 e. The summed E-state index contributed by atoms with van der Waals surface area (Å²) in [5.74, 6) is 0.591. The van der Waals surface area contributed by atoms with Gasteiger partial charge in [0.1, 0.15) is 12.3 Å². The quantitative estimate of drug-likeness (QED) is 0.593. The van der Waals surface area contributed by atoms with E-state index in [1.807, 2.05) is 40.4 Å². The minimum atomic E-state index is 0.130. The summed E-state index contributed by atoms with van der Waals surface area (Å²) in [5, 5.41) is 12.8. The Balaban J connectivity index is 1.27. The number of hydrogen-bond acceptors (Lipinski definition) is 7. The third kappa shape index (κ3) is 4.58. The van der Waals surface area contributed by atoms with Crippen LogP contribution in [-0.2, 0) is 17.9 Å². The smallest absolute Gasteiger partial charge is 0.232 e. The van der Waals surface area contributed by atoms with Crippen molar-refractivity contribution in [2.45, 2.75) is 45.9 Å². The summed E-state index contributed by atoms with van der Waals surface area (Å²) in [4.78, 5) is 22.5. The van der Waals surface area contributed by atoms with Crippen LogP contribution in [0.3, 0.4) is 0 Å². The van der Waals surface area contributed by atoms with Crippen LogP contribution in [0.1, 0.15) is 36.0 Å². The maximum absolute atomic E-state index is 12.6. The average molecular weight is 396 g/mol. The van der Waals surface area contributed by atoms with E-state index in [0.29, 0.717) is 31.1 Å². The van der Waals surface area contributed by atoms with E-state index in [0.717, 1.165) is 24.4 Å². The second kappa shape index (κ2) is 8.38. The molecular formula is C19H24N8O2. The zero-order chi connectivity index (χ0) is 20.2. The van der Waals surface area contributed by atoms with Gasteiger partial charge in [-0.2, -0.15) is 5.10 Å². The molecule has 1 unspecified atom stereocenters. The second-order valence-electron chi connectivity index (χ2n) is 7.20. The van der Waals surface area contributed by atoms with Gasteiger partial charge in [0.25, 0.3) is 0 Å². The summed E-state index contributed by atoms with van der Waals surface area (Å²) in [5.41, 5.74) is 2.76. The lowest BCUT2D eigenvalue weighted by atomic mass is 10.3. The molecule has 0 spiro atoms. The van der Waals surface area contributed by atoms with E-state index in [4.69, 9.17) is 4.74 Å². The Labute approximate surface area is 168 Å². The fourth-order valence-corrected chi connectivity index (χ4v) is 3.51. The number of aromatic nitrogens is 7. The van der Waals surface area contributed by atoms with Crippen molar-refractivity contribution in [1.82, 2.24) is 39.6 Å². The molecule has 0 N–H and O–H groups in total. The monoisotopic (exact) mass is 396 g/mol. The lowest BCUT2D eigenvalue weighted by molar-refractivity contribution is -0.130. The first-order chi connectivity index (χ1) is 14.1. The van der Waals surface area contributed by atoms with Crippen LogP contribution in [0, 0.1) is 13.8 Å². The summed E-state index contributed by atoms with van der Waals surface area (Å²) < 4.78 is 9.26. The first kappa shape index (κ1) is 19.0. The molecule has 4 heterocycles. The minimum absolute atomic E-state index is 0.130. The molecule has 3 aromatic rings. The Morgan fingerprint density at radius 2 is 2.21 bits per heavy atom. The molecule has 10 nitrogen and oxygen atoms in total. The van der Waals surface area contributed by atoms with E-state index < -0.39 is 0 Å². The maximum Gasteiger partial charge on any atom is 0.232 e. The van der Waals surface area contributed by atoms with Crippen LogP contribution in [0.25, 0.3) is 0 Å². The number of aryl methyl sites for hydroxylation is 3. The lowest BCUT2D eigenvalue weighted by Crippen LogP contribution is -2.30. The molecule has 1 fully saturated rings. The Morgan fingerprint density at radius 1 is 1.31 bits per heavy atom. The van der Waals surface area contributed by atoms with Gasteiger partial charge in [-0.15, -0.1) is 5.10 Å². The van der Waals surface area contributed by atoms with Gasteiger partial charge in [0.05, 0.1) is 24.1 Å². The van der Waals surface area contributed by atoms with Gasteiger partial charge in [-0.25, -0.2) is 9.67 Å². The molecule has 1 atom stereocenters. The Morgan fingerprint density at radius 3 is 2.97 bits per heavy atom. The van der Waals surface area contributed by atoms with Crippen molar-refractivity contribution in [3.05, 3.63) is 47.9 Å². The normalized spacial score (nSPS) is 16.3. The number of hydrogen-bond donors (Lipinski definition) is 0. The summed E-state index contributed by atoms with van der Waals surface area (Å²) in [6.45, 7) is 6.22. The third-order valence-corrected chi connectivity index (χ3v) is 5.00. The fourth-order valence-electron chi connectivity index (χ4n) is 3.51. The molecule has 0 aliphatic carbocycles. The number of nitrogens with zero attached hydrogens (tertiary/aromatic N) is 8. The number of carbonyl (C=O) groups is 1. The number of carbonyl (C=O) groups excluding carboxylic acids is 1. The van der Waals surface area contributed by atoms with Gasteiger partial charge < -0.3 is 9.64 Å². The van der Waals surface area contributed by atoms with E-state index in [1.54, 1.807) is 18.6 Å². The molecule has 1 aliphatic rings. The van der Waals surface area contributed by atoms with Crippen LogP contribution >= 0.6 is 0 Å². The number of likely N-dealkylation sites (tertiary alicyclic amines) is 1. The predicted octanol–water partition coefficient (Wildman–Crippen LogP) is 1.32. The number of amides is 1. The van der Waals surface area contributed by atoms with Gasteiger partial charge in [0, 0.05) is 44.1 Å². The van der Waals surface area contributed by atoms with Crippen molar-refractivity contribution in [2.75, 3.05) is 13.1 Å². The fraction of sp³-hybridized carbons (Fsp3) is 0.474. The number of ether oxygens (including phenoxy) is 1. The summed E-state index contributed by atoms with van der Waals surface area (Å²) in [6.07, 6.45) is 7.89.